The van der Waals surface area contributed by atoms with E-state index in [0.717, 1.165) is 19.3 Å². The van der Waals surface area contributed by atoms with Gasteiger partial charge in [0.1, 0.15) is 6.29 Å². The summed E-state index contributed by atoms with van der Waals surface area (Å²) < 4.78 is 5.20. The number of likely N-dealkylation sites (tertiary alicyclic amines) is 1. The molecule has 1 aliphatic heterocycles. The number of rotatable bonds is 5. The molecule has 1 fully saturated rings. The number of carbonyl (C=O) groups excluding carboxylic acids is 1. The minimum atomic E-state index is 0.238. The lowest BCUT2D eigenvalue weighted by atomic mass is 9.98. The molecular formula is C13H21N3O2. The topological polar surface area (TPSA) is 59.2 Å². The molecule has 0 aliphatic carbocycles. The summed E-state index contributed by atoms with van der Waals surface area (Å²) in [4.78, 5) is 17.1. The highest BCUT2D eigenvalue weighted by molar-refractivity contribution is 5.52. The number of nitrogens with zero attached hydrogens (tertiary/aromatic N) is 3. The van der Waals surface area contributed by atoms with E-state index in [2.05, 4.69) is 28.9 Å². The fraction of sp³-hybridized carbons (Fsp3) is 0.769. The van der Waals surface area contributed by atoms with E-state index in [1.165, 1.54) is 19.3 Å². The van der Waals surface area contributed by atoms with Gasteiger partial charge in [0, 0.05) is 18.5 Å². The quantitative estimate of drug-likeness (QED) is 0.744. The van der Waals surface area contributed by atoms with Crippen molar-refractivity contribution in [1.82, 2.24) is 15.0 Å². The first-order chi connectivity index (χ1) is 8.70. The van der Waals surface area contributed by atoms with Crippen LogP contribution in [0.25, 0.3) is 0 Å². The first kappa shape index (κ1) is 13.2. The number of hydrogen-bond acceptors (Lipinski definition) is 5. The van der Waals surface area contributed by atoms with Crippen LogP contribution in [0, 0.1) is 0 Å². The Bertz CT molecular complexity index is 389. The average Bonchev–Trinajstić information content (AvgIpc) is 2.77. The van der Waals surface area contributed by atoms with Crippen molar-refractivity contribution in [3.05, 3.63) is 11.7 Å². The lowest BCUT2D eigenvalue weighted by Crippen LogP contribution is -2.45. The number of aromatic nitrogens is 2. The first-order valence-corrected chi connectivity index (χ1v) is 6.71. The van der Waals surface area contributed by atoms with E-state index in [1.54, 1.807) is 0 Å². The van der Waals surface area contributed by atoms with Crippen LogP contribution in [0.15, 0.2) is 4.52 Å². The fourth-order valence-electron chi connectivity index (χ4n) is 2.65. The molecule has 1 atom stereocenters. The highest BCUT2D eigenvalue weighted by Gasteiger charge is 2.26. The molecule has 1 aromatic rings. The van der Waals surface area contributed by atoms with Crippen LogP contribution >= 0.6 is 0 Å². The van der Waals surface area contributed by atoms with Gasteiger partial charge in [0.25, 0.3) is 0 Å². The summed E-state index contributed by atoms with van der Waals surface area (Å²) in [6, 6.07) is 1.04. The van der Waals surface area contributed by atoms with Crippen molar-refractivity contribution in [3.8, 4) is 0 Å². The van der Waals surface area contributed by atoms with Gasteiger partial charge in [0.2, 0.25) is 5.89 Å². The molecule has 100 valence electrons. The maximum absolute atomic E-state index is 10.4. The summed E-state index contributed by atoms with van der Waals surface area (Å²) in [6.07, 6.45) is 5.56. The van der Waals surface area contributed by atoms with Gasteiger partial charge in [-0.2, -0.15) is 4.98 Å². The molecule has 5 nitrogen and oxygen atoms in total. The zero-order valence-electron chi connectivity index (χ0n) is 11.1. The zero-order valence-corrected chi connectivity index (χ0v) is 11.1. The van der Waals surface area contributed by atoms with Gasteiger partial charge in [0.05, 0.1) is 6.42 Å². The molecule has 0 saturated carbocycles. The lowest BCUT2D eigenvalue weighted by Gasteiger charge is -2.38. The predicted octanol–water partition coefficient (Wildman–Crippen LogP) is 1.62. The molecule has 0 N–H and O–H groups in total. The molecule has 2 rings (SSSR count). The molecule has 0 radical (unpaired) electrons. The van der Waals surface area contributed by atoms with Crippen LogP contribution in [0.4, 0.5) is 0 Å². The van der Waals surface area contributed by atoms with Crippen molar-refractivity contribution < 1.29 is 9.32 Å². The molecule has 1 unspecified atom stereocenters. The molecule has 1 aromatic heterocycles. The number of piperidine rings is 1. The number of hydrogen-bond donors (Lipinski definition) is 0. The first-order valence-electron chi connectivity index (χ1n) is 6.71. The second kappa shape index (κ2) is 6.09. The fourth-order valence-corrected chi connectivity index (χ4v) is 2.65. The van der Waals surface area contributed by atoms with Gasteiger partial charge in [-0.25, -0.2) is 0 Å². The maximum atomic E-state index is 10.4. The molecule has 18 heavy (non-hydrogen) atoms. The van der Waals surface area contributed by atoms with Gasteiger partial charge in [-0.15, -0.1) is 0 Å². The average molecular weight is 251 g/mol. The summed E-state index contributed by atoms with van der Waals surface area (Å²) in [5.41, 5.74) is 0. The van der Waals surface area contributed by atoms with Crippen molar-refractivity contribution in [2.24, 2.45) is 0 Å². The van der Waals surface area contributed by atoms with Crippen LogP contribution in [0.1, 0.15) is 44.8 Å². The number of aldehydes is 1. The summed E-state index contributed by atoms with van der Waals surface area (Å²) in [6.45, 7) is 5.60. The van der Waals surface area contributed by atoms with Crippen molar-refractivity contribution in [1.29, 1.82) is 0 Å². The lowest BCUT2D eigenvalue weighted by molar-refractivity contribution is -0.107. The number of carbonyl (C=O) groups is 1. The minimum Gasteiger partial charge on any atom is -0.339 e. The molecule has 0 aromatic carbocycles. The Hall–Kier alpha value is -1.23. The van der Waals surface area contributed by atoms with E-state index in [9.17, 15) is 4.79 Å². The highest BCUT2D eigenvalue weighted by atomic mass is 16.5. The van der Waals surface area contributed by atoms with Gasteiger partial charge >= 0.3 is 0 Å². The molecular weight excluding hydrogens is 230 g/mol. The Balaban J connectivity index is 1.99. The Morgan fingerprint density at radius 3 is 3.06 bits per heavy atom. The van der Waals surface area contributed by atoms with Gasteiger partial charge < -0.3 is 9.32 Å². The third-order valence-corrected chi connectivity index (χ3v) is 3.52. The molecule has 2 heterocycles. The molecule has 0 amide bonds. The van der Waals surface area contributed by atoms with Crippen LogP contribution < -0.4 is 0 Å². The summed E-state index contributed by atoms with van der Waals surface area (Å²) in [7, 11) is 0. The summed E-state index contributed by atoms with van der Waals surface area (Å²) in [5.74, 6) is 1.15. The van der Waals surface area contributed by atoms with Crippen LogP contribution in [0.5, 0.6) is 0 Å². The Kier molecular flexibility index (Phi) is 4.47. The van der Waals surface area contributed by atoms with Gasteiger partial charge in [-0.05, 0) is 33.2 Å². The molecule has 0 bridgehead atoms. The van der Waals surface area contributed by atoms with Crippen molar-refractivity contribution >= 4 is 6.29 Å². The second-order valence-corrected chi connectivity index (χ2v) is 5.16. The molecule has 0 spiro atoms. The van der Waals surface area contributed by atoms with E-state index >= 15 is 0 Å². The summed E-state index contributed by atoms with van der Waals surface area (Å²) in [5, 5.41) is 3.81. The standard InChI is InChI=1S/C13H21N3O2/c1-10(2)16-7-4-3-5-11(16)9-13-14-12(6-8-17)15-18-13/h8,10-11H,3-7,9H2,1-2H3. The summed E-state index contributed by atoms with van der Waals surface area (Å²) >= 11 is 0. The normalized spacial score (nSPS) is 21.4. The third-order valence-electron chi connectivity index (χ3n) is 3.52. The Morgan fingerprint density at radius 1 is 1.50 bits per heavy atom. The van der Waals surface area contributed by atoms with Crippen LogP contribution in [0.2, 0.25) is 0 Å². The monoisotopic (exact) mass is 251 g/mol. The van der Waals surface area contributed by atoms with Gasteiger partial charge in [-0.3, -0.25) is 4.90 Å². The van der Waals surface area contributed by atoms with Crippen molar-refractivity contribution in [2.45, 2.75) is 58.0 Å². The zero-order chi connectivity index (χ0) is 13.0. The molecule has 1 aliphatic rings. The van der Waals surface area contributed by atoms with Crippen molar-refractivity contribution in [2.75, 3.05) is 6.54 Å². The van der Waals surface area contributed by atoms with Gasteiger partial charge in [0.15, 0.2) is 5.82 Å². The molecule has 5 heteroatoms. The minimum absolute atomic E-state index is 0.238. The van der Waals surface area contributed by atoms with E-state index in [4.69, 9.17) is 4.52 Å². The predicted molar refractivity (Wildman–Crippen MR) is 67.3 cm³/mol. The maximum Gasteiger partial charge on any atom is 0.228 e. The second-order valence-electron chi connectivity index (χ2n) is 5.16. The van der Waals surface area contributed by atoms with Crippen LogP contribution in [-0.2, 0) is 17.6 Å². The van der Waals surface area contributed by atoms with E-state index in [-0.39, 0.29) is 6.42 Å². The smallest absolute Gasteiger partial charge is 0.228 e. The Morgan fingerprint density at radius 2 is 2.33 bits per heavy atom. The van der Waals surface area contributed by atoms with Crippen LogP contribution in [-0.4, -0.2) is 40.0 Å². The van der Waals surface area contributed by atoms with Gasteiger partial charge in [-0.1, -0.05) is 11.6 Å². The van der Waals surface area contributed by atoms with E-state index in [0.29, 0.717) is 23.8 Å². The van der Waals surface area contributed by atoms with Crippen molar-refractivity contribution in [3.63, 3.8) is 0 Å². The van der Waals surface area contributed by atoms with E-state index in [1.807, 2.05) is 0 Å². The van der Waals surface area contributed by atoms with Crippen LogP contribution in [0.3, 0.4) is 0 Å². The largest absolute Gasteiger partial charge is 0.339 e. The van der Waals surface area contributed by atoms with E-state index < -0.39 is 0 Å². The highest BCUT2D eigenvalue weighted by Crippen LogP contribution is 2.22. The molecule has 1 saturated heterocycles. The SMILES string of the molecule is CC(C)N1CCCCC1Cc1nc(CC=O)no1. The third kappa shape index (κ3) is 3.16. The Labute approximate surface area is 108 Å².